The summed E-state index contributed by atoms with van der Waals surface area (Å²) in [6.45, 7) is 1.68. The number of ether oxygens (including phenoxy) is 2. The molecule has 2 heterocycles. The van der Waals surface area contributed by atoms with E-state index in [0.717, 1.165) is 34.3 Å². The maximum atomic E-state index is 13.1. The van der Waals surface area contributed by atoms with E-state index in [2.05, 4.69) is 15.9 Å². The monoisotopic (exact) mass is 388 g/mol. The van der Waals surface area contributed by atoms with Crippen LogP contribution in [0.5, 0.6) is 11.5 Å². The van der Waals surface area contributed by atoms with Gasteiger partial charge in [-0.05, 0) is 58.6 Å². The van der Waals surface area contributed by atoms with Gasteiger partial charge in [0.1, 0.15) is 13.2 Å². The Morgan fingerprint density at radius 2 is 2.04 bits per heavy atom. The maximum absolute atomic E-state index is 13.1. The van der Waals surface area contributed by atoms with Crippen molar-refractivity contribution in [1.29, 1.82) is 0 Å². The zero-order valence-electron chi connectivity index (χ0n) is 13.0. The fourth-order valence-electron chi connectivity index (χ4n) is 3.25. The fourth-order valence-corrected chi connectivity index (χ4v) is 3.81. The molecule has 0 unspecified atom stereocenters. The van der Waals surface area contributed by atoms with E-state index < -0.39 is 0 Å². The van der Waals surface area contributed by atoms with E-state index >= 15 is 0 Å². The van der Waals surface area contributed by atoms with E-state index in [0.29, 0.717) is 36.8 Å². The standard InChI is InChI=1S/C18H17BrN2O3/c19-13-9-11(10-16-17(13)24-8-7-23-16)18(22)21-6-2-3-12-14(20)4-1-5-15(12)21/h1,4-5,9-10H,2-3,6-8,20H2. The highest BCUT2D eigenvalue weighted by atomic mass is 79.9. The van der Waals surface area contributed by atoms with Gasteiger partial charge in [0.15, 0.2) is 11.5 Å². The highest BCUT2D eigenvalue weighted by molar-refractivity contribution is 9.10. The molecule has 0 aliphatic carbocycles. The number of anilines is 2. The molecule has 2 aliphatic heterocycles. The van der Waals surface area contributed by atoms with Crippen molar-refractivity contribution in [2.45, 2.75) is 12.8 Å². The molecule has 2 aliphatic rings. The Hall–Kier alpha value is -2.21. The first-order valence-corrected chi connectivity index (χ1v) is 8.73. The van der Waals surface area contributed by atoms with Crippen LogP contribution in [0.2, 0.25) is 0 Å². The van der Waals surface area contributed by atoms with Crippen molar-refractivity contribution in [1.82, 2.24) is 0 Å². The molecule has 0 aromatic heterocycles. The Kier molecular flexibility index (Phi) is 3.84. The lowest BCUT2D eigenvalue weighted by Crippen LogP contribution is -2.35. The van der Waals surface area contributed by atoms with E-state index in [1.165, 1.54) is 0 Å². The van der Waals surface area contributed by atoms with Gasteiger partial charge in [-0.25, -0.2) is 0 Å². The third kappa shape index (κ3) is 2.51. The number of benzene rings is 2. The normalized spacial score (nSPS) is 15.8. The molecule has 6 heteroatoms. The highest BCUT2D eigenvalue weighted by Gasteiger charge is 2.27. The van der Waals surface area contributed by atoms with Gasteiger partial charge in [0.05, 0.1) is 4.47 Å². The first-order chi connectivity index (χ1) is 11.6. The van der Waals surface area contributed by atoms with Crippen LogP contribution in [-0.4, -0.2) is 25.7 Å². The highest BCUT2D eigenvalue weighted by Crippen LogP contribution is 2.39. The minimum atomic E-state index is -0.0563. The quantitative estimate of drug-likeness (QED) is 0.760. The van der Waals surface area contributed by atoms with Crippen LogP contribution >= 0.6 is 15.9 Å². The van der Waals surface area contributed by atoms with Crippen LogP contribution in [0.1, 0.15) is 22.3 Å². The molecule has 4 rings (SSSR count). The SMILES string of the molecule is Nc1cccc2c1CCCN2C(=O)c1cc(Br)c2c(c1)OCCO2. The van der Waals surface area contributed by atoms with Crippen molar-refractivity contribution in [3.05, 3.63) is 45.9 Å². The molecule has 0 saturated carbocycles. The van der Waals surface area contributed by atoms with Crippen molar-refractivity contribution >= 4 is 33.2 Å². The fraction of sp³-hybridized carbons (Fsp3) is 0.278. The molecule has 0 saturated heterocycles. The summed E-state index contributed by atoms with van der Waals surface area (Å²) in [5.74, 6) is 1.20. The van der Waals surface area contributed by atoms with E-state index in [9.17, 15) is 4.79 Å². The number of hydrogen-bond acceptors (Lipinski definition) is 4. The van der Waals surface area contributed by atoms with Crippen LogP contribution in [0, 0.1) is 0 Å². The average Bonchev–Trinajstić information content (AvgIpc) is 2.61. The van der Waals surface area contributed by atoms with Gasteiger partial charge in [-0.1, -0.05) is 6.07 Å². The predicted molar refractivity (Wildman–Crippen MR) is 96.0 cm³/mol. The molecule has 1 amide bonds. The van der Waals surface area contributed by atoms with Crippen molar-refractivity contribution in [2.24, 2.45) is 0 Å². The van der Waals surface area contributed by atoms with Crippen LogP contribution in [0.15, 0.2) is 34.8 Å². The molecule has 2 aromatic rings. The summed E-state index contributed by atoms with van der Waals surface area (Å²) in [4.78, 5) is 14.9. The number of rotatable bonds is 1. The number of nitrogens with zero attached hydrogens (tertiary/aromatic N) is 1. The van der Waals surface area contributed by atoms with Gasteiger partial charge >= 0.3 is 0 Å². The number of carbonyl (C=O) groups excluding carboxylic acids is 1. The van der Waals surface area contributed by atoms with Crippen molar-refractivity contribution in [3.63, 3.8) is 0 Å². The molecule has 0 fully saturated rings. The van der Waals surface area contributed by atoms with Gasteiger partial charge < -0.3 is 20.1 Å². The summed E-state index contributed by atoms with van der Waals surface area (Å²) in [7, 11) is 0. The number of hydrogen-bond donors (Lipinski definition) is 1. The first-order valence-electron chi connectivity index (χ1n) is 7.93. The zero-order chi connectivity index (χ0) is 16.7. The lowest BCUT2D eigenvalue weighted by atomic mass is 9.99. The third-order valence-corrected chi connectivity index (χ3v) is 4.96. The van der Waals surface area contributed by atoms with Crippen LogP contribution in [0.3, 0.4) is 0 Å². The van der Waals surface area contributed by atoms with Gasteiger partial charge in [-0.2, -0.15) is 0 Å². The van der Waals surface area contributed by atoms with Gasteiger partial charge in [0, 0.05) is 23.5 Å². The Balaban J connectivity index is 1.73. The summed E-state index contributed by atoms with van der Waals surface area (Å²) < 4.78 is 11.9. The number of fused-ring (bicyclic) bond motifs is 2. The van der Waals surface area contributed by atoms with Crippen molar-refractivity contribution < 1.29 is 14.3 Å². The minimum absolute atomic E-state index is 0.0563. The largest absolute Gasteiger partial charge is 0.486 e. The summed E-state index contributed by atoms with van der Waals surface area (Å²) in [5, 5.41) is 0. The molecule has 24 heavy (non-hydrogen) atoms. The van der Waals surface area contributed by atoms with E-state index in [4.69, 9.17) is 15.2 Å². The summed E-state index contributed by atoms with van der Waals surface area (Å²) in [6, 6.07) is 9.27. The topological polar surface area (TPSA) is 64.8 Å². The van der Waals surface area contributed by atoms with Crippen LogP contribution in [0.25, 0.3) is 0 Å². The number of carbonyl (C=O) groups is 1. The molecule has 124 valence electrons. The first kappa shape index (κ1) is 15.3. The molecular formula is C18H17BrN2O3. The van der Waals surface area contributed by atoms with Crippen molar-refractivity contribution in [3.8, 4) is 11.5 Å². The maximum Gasteiger partial charge on any atom is 0.258 e. The van der Waals surface area contributed by atoms with Gasteiger partial charge in [0.25, 0.3) is 5.91 Å². The van der Waals surface area contributed by atoms with Crippen LogP contribution in [0.4, 0.5) is 11.4 Å². The van der Waals surface area contributed by atoms with E-state index in [-0.39, 0.29) is 5.91 Å². The molecule has 2 N–H and O–H groups in total. The van der Waals surface area contributed by atoms with Crippen LogP contribution < -0.4 is 20.1 Å². The predicted octanol–water partition coefficient (Wildman–Crippen LogP) is 3.40. The average molecular weight is 389 g/mol. The second-order valence-electron chi connectivity index (χ2n) is 5.89. The molecule has 5 nitrogen and oxygen atoms in total. The summed E-state index contributed by atoms with van der Waals surface area (Å²) >= 11 is 3.47. The van der Waals surface area contributed by atoms with Gasteiger partial charge in [-0.15, -0.1) is 0 Å². The number of nitrogen functional groups attached to an aromatic ring is 1. The molecule has 2 aromatic carbocycles. The lowest BCUT2D eigenvalue weighted by molar-refractivity contribution is 0.0983. The lowest BCUT2D eigenvalue weighted by Gasteiger charge is -2.30. The Morgan fingerprint density at radius 3 is 2.92 bits per heavy atom. The van der Waals surface area contributed by atoms with E-state index in [1.54, 1.807) is 17.0 Å². The second kappa shape index (κ2) is 6.02. The molecule has 0 radical (unpaired) electrons. The van der Waals surface area contributed by atoms with Crippen molar-refractivity contribution in [2.75, 3.05) is 30.4 Å². The minimum Gasteiger partial charge on any atom is -0.486 e. The molecule has 0 spiro atoms. The van der Waals surface area contributed by atoms with Gasteiger partial charge in [0.2, 0.25) is 0 Å². The second-order valence-corrected chi connectivity index (χ2v) is 6.74. The zero-order valence-corrected chi connectivity index (χ0v) is 14.6. The van der Waals surface area contributed by atoms with Crippen LogP contribution in [-0.2, 0) is 6.42 Å². The molecular weight excluding hydrogens is 372 g/mol. The smallest absolute Gasteiger partial charge is 0.258 e. The Labute approximate surface area is 148 Å². The van der Waals surface area contributed by atoms with Gasteiger partial charge in [-0.3, -0.25) is 4.79 Å². The number of halogens is 1. The summed E-state index contributed by atoms with van der Waals surface area (Å²) in [6.07, 6.45) is 1.80. The number of nitrogens with two attached hydrogens (primary N) is 1. The molecule has 0 atom stereocenters. The third-order valence-electron chi connectivity index (χ3n) is 4.38. The Morgan fingerprint density at radius 1 is 1.21 bits per heavy atom. The number of amides is 1. The Bertz CT molecular complexity index is 822. The summed E-state index contributed by atoms with van der Waals surface area (Å²) in [5.41, 5.74) is 9.34. The van der Waals surface area contributed by atoms with E-state index in [1.807, 2.05) is 18.2 Å². The molecule has 0 bridgehead atoms.